The Kier molecular flexibility index (Phi) is 4.78. The summed E-state index contributed by atoms with van der Waals surface area (Å²) in [7, 11) is 0. The van der Waals surface area contributed by atoms with Gasteiger partial charge in [0.1, 0.15) is 0 Å². The quantitative estimate of drug-likeness (QED) is 0.386. The lowest BCUT2D eigenvalue weighted by atomic mass is 10.2. The van der Waals surface area contributed by atoms with Gasteiger partial charge < -0.3 is 4.57 Å². The van der Waals surface area contributed by atoms with Crippen molar-refractivity contribution >= 4 is 39.7 Å². The first-order valence-electron chi connectivity index (χ1n) is 8.85. The zero-order valence-corrected chi connectivity index (χ0v) is 17.6. The summed E-state index contributed by atoms with van der Waals surface area (Å²) < 4.78 is 4.71. The standard InChI is InChI=1S/C19H14ClN7S2/c1-2-26-16(13-4-3-9-21-10-13)23-24-18(26)29-19-25-27-11-15(22-17(27)28-19)12-5-7-14(20)8-6-12/h3-11H,2H2,1H3. The fourth-order valence-corrected chi connectivity index (χ4v) is 4.97. The monoisotopic (exact) mass is 439 g/mol. The van der Waals surface area contributed by atoms with Crippen molar-refractivity contribution in [1.82, 2.24) is 34.3 Å². The van der Waals surface area contributed by atoms with E-state index in [0.29, 0.717) is 5.02 Å². The van der Waals surface area contributed by atoms with Crippen molar-refractivity contribution in [3.63, 3.8) is 0 Å². The van der Waals surface area contributed by atoms with E-state index in [2.05, 4.69) is 36.8 Å². The lowest BCUT2D eigenvalue weighted by Gasteiger charge is -2.05. The average Bonchev–Trinajstić information content (AvgIpc) is 3.42. The second-order valence-electron chi connectivity index (χ2n) is 6.12. The summed E-state index contributed by atoms with van der Waals surface area (Å²) in [4.78, 5) is 9.68. The molecule has 4 aromatic heterocycles. The van der Waals surface area contributed by atoms with Crippen LogP contribution in [0.15, 0.2) is 64.5 Å². The van der Waals surface area contributed by atoms with E-state index in [1.54, 1.807) is 16.9 Å². The number of rotatable bonds is 5. The van der Waals surface area contributed by atoms with Gasteiger partial charge in [-0.25, -0.2) is 9.50 Å². The number of imidazole rings is 1. The molecule has 0 unspecified atom stereocenters. The van der Waals surface area contributed by atoms with Crippen molar-refractivity contribution in [2.75, 3.05) is 0 Å². The van der Waals surface area contributed by atoms with Crippen LogP contribution in [-0.4, -0.2) is 34.3 Å². The second kappa shape index (κ2) is 7.58. The number of pyridine rings is 1. The zero-order chi connectivity index (χ0) is 19.8. The molecule has 144 valence electrons. The molecule has 1 aromatic carbocycles. The molecule has 0 radical (unpaired) electrons. The maximum absolute atomic E-state index is 5.96. The number of hydrogen-bond acceptors (Lipinski definition) is 7. The van der Waals surface area contributed by atoms with Crippen LogP contribution < -0.4 is 0 Å². The molecule has 0 fully saturated rings. The third-order valence-electron chi connectivity index (χ3n) is 4.30. The van der Waals surface area contributed by atoms with E-state index in [9.17, 15) is 0 Å². The molecule has 0 aliphatic heterocycles. The molecule has 5 aromatic rings. The highest BCUT2D eigenvalue weighted by Gasteiger charge is 2.17. The Morgan fingerprint density at radius 2 is 1.97 bits per heavy atom. The smallest absolute Gasteiger partial charge is 0.213 e. The Labute approximate surface area is 179 Å². The van der Waals surface area contributed by atoms with E-state index in [1.807, 2.05) is 42.6 Å². The van der Waals surface area contributed by atoms with Gasteiger partial charge in [-0.2, -0.15) is 0 Å². The molecule has 0 aliphatic carbocycles. The summed E-state index contributed by atoms with van der Waals surface area (Å²) in [5.74, 6) is 0.800. The Hall–Kier alpha value is -2.75. The maximum Gasteiger partial charge on any atom is 0.213 e. The van der Waals surface area contributed by atoms with Crippen molar-refractivity contribution in [2.24, 2.45) is 0 Å². The summed E-state index contributed by atoms with van der Waals surface area (Å²) in [6.45, 7) is 2.82. The van der Waals surface area contributed by atoms with Gasteiger partial charge in [0.25, 0.3) is 0 Å². The highest BCUT2D eigenvalue weighted by atomic mass is 35.5. The summed E-state index contributed by atoms with van der Waals surface area (Å²) in [6.07, 6.45) is 5.46. The topological polar surface area (TPSA) is 73.8 Å². The highest BCUT2D eigenvalue weighted by molar-refractivity contribution is 8.01. The van der Waals surface area contributed by atoms with Gasteiger partial charge in [0.15, 0.2) is 15.3 Å². The van der Waals surface area contributed by atoms with Crippen LogP contribution in [0.25, 0.3) is 27.6 Å². The van der Waals surface area contributed by atoms with Gasteiger partial charge in [-0.05, 0) is 43.0 Å². The zero-order valence-electron chi connectivity index (χ0n) is 15.2. The lowest BCUT2D eigenvalue weighted by Crippen LogP contribution is -1.99. The third kappa shape index (κ3) is 3.52. The van der Waals surface area contributed by atoms with Crippen LogP contribution in [0, 0.1) is 0 Å². The molecule has 0 N–H and O–H groups in total. The first-order valence-corrected chi connectivity index (χ1v) is 10.9. The minimum atomic E-state index is 0.706. The predicted molar refractivity (Wildman–Crippen MR) is 114 cm³/mol. The molecule has 10 heteroatoms. The van der Waals surface area contributed by atoms with Gasteiger partial charge in [-0.15, -0.1) is 15.3 Å². The Balaban J connectivity index is 1.43. The van der Waals surface area contributed by atoms with Crippen molar-refractivity contribution < 1.29 is 0 Å². The summed E-state index contributed by atoms with van der Waals surface area (Å²) in [5.41, 5.74) is 2.82. The molecule has 4 heterocycles. The molecule has 0 bridgehead atoms. The van der Waals surface area contributed by atoms with Crippen molar-refractivity contribution in [3.8, 4) is 22.6 Å². The SMILES string of the molecule is CCn1c(Sc2nn3cc(-c4ccc(Cl)cc4)nc3s2)nnc1-c1cccnc1. The molecular formula is C19H14ClN7S2. The number of hydrogen-bond donors (Lipinski definition) is 0. The van der Waals surface area contributed by atoms with E-state index in [-0.39, 0.29) is 0 Å². The van der Waals surface area contributed by atoms with Crippen LogP contribution in [0.1, 0.15) is 6.92 Å². The molecule has 0 saturated heterocycles. The van der Waals surface area contributed by atoms with Gasteiger partial charge in [0.2, 0.25) is 4.96 Å². The fraction of sp³-hybridized carbons (Fsp3) is 0.105. The minimum Gasteiger partial charge on any atom is -0.302 e. The number of fused-ring (bicyclic) bond motifs is 1. The Morgan fingerprint density at radius 3 is 2.69 bits per heavy atom. The van der Waals surface area contributed by atoms with Crippen LogP contribution in [0.2, 0.25) is 5.02 Å². The summed E-state index contributed by atoms with van der Waals surface area (Å²) in [6, 6.07) is 11.5. The second-order valence-corrected chi connectivity index (χ2v) is 8.73. The van der Waals surface area contributed by atoms with E-state index in [4.69, 9.17) is 11.6 Å². The maximum atomic E-state index is 5.96. The van der Waals surface area contributed by atoms with Crippen molar-refractivity contribution in [2.45, 2.75) is 23.0 Å². The van der Waals surface area contributed by atoms with Crippen LogP contribution in [-0.2, 0) is 6.54 Å². The van der Waals surface area contributed by atoms with Gasteiger partial charge >= 0.3 is 0 Å². The lowest BCUT2D eigenvalue weighted by molar-refractivity contribution is 0.686. The molecular weight excluding hydrogens is 426 g/mol. The third-order valence-corrected chi connectivity index (χ3v) is 6.51. The molecule has 0 saturated carbocycles. The molecule has 5 rings (SSSR count). The molecule has 0 spiro atoms. The van der Waals surface area contributed by atoms with E-state index in [0.717, 1.165) is 43.6 Å². The normalized spacial score (nSPS) is 11.4. The first kappa shape index (κ1) is 18.3. The number of benzene rings is 1. The van der Waals surface area contributed by atoms with Crippen LogP contribution >= 0.6 is 34.7 Å². The van der Waals surface area contributed by atoms with Crippen molar-refractivity contribution in [3.05, 3.63) is 60.0 Å². The van der Waals surface area contributed by atoms with Crippen LogP contribution in [0.4, 0.5) is 0 Å². The highest BCUT2D eigenvalue weighted by Crippen LogP contribution is 2.33. The first-order chi connectivity index (χ1) is 14.2. The average molecular weight is 440 g/mol. The molecule has 29 heavy (non-hydrogen) atoms. The number of aromatic nitrogens is 7. The summed E-state index contributed by atoms with van der Waals surface area (Å²) in [5, 5.41) is 14.9. The minimum absolute atomic E-state index is 0.706. The van der Waals surface area contributed by atoms with E-state index in [1.165, 1.54) is 23.1 Å². The number of halogens is 1. The Morgan fingerprint density at radius 1 is 1.10 bits per heavy atom. The van der Waals surface area contributed by atoms with Gasteiger partial charge in [0.05, 0.1) is 11.9 Å². The van der Waals surface area contributed by atoms with E-state index < -0.39 is 0 Å². The molecule has 0 atom stereocenters. The predicted octanol–water partition coefficient (Wildman–Crippen LogP) is 4.94. The molecule has 7 nitrogen and oxygen atoms in total. The van der Waals surface area contributed by atoms with Crippen LogP contribution in [0.5, 0.6) is 0 Å². The number of nitrogens with zero attached hydrogens (tertiary/aromatic N) is 7. The van der Waals surface area contributed by atoms with E-state index >= 15 is 0 Å². The largest absolute Gasteiger partial charge is 0.302 e. The van der Waals surface area contributed by atoms with Gasteiger partial charge in [0, 0.05) is 35.1 Å². The van der Waals surface area contributed by atoms with Crippen LogP contribution in [0.3, 0.4) is 0 Å². The molecule has 0 amide bonds. The molecule has 0 aliphatic rings. The van der Waals surface area contributed by atoms with Gasteiger partial charge in [-0.3, -0.25) is 4.98 Å². The fourth-order valence-electron chi connectivity index (χ4n) is 2.92. The van der Waals surface area contributed by atoms with Crippen molar-refractivity contribution in [1.29, 1.82) is 0 Å². The summed E-state index contributed by atoms with van der Waals surface area (Å²) >= 11 is 8.97. The van der Waals surface area contributed by atoms with Gasteiger partial charge in [-0.1, -0.05) is 35.1 Å². The Bertz CT molecular complexity index is 1240.